The van der Waals surface area contributed by atoms with E-state index in [0.29, 0.717) is 16.3 Å². The highest BCUT2D eigenvalue weighted by Gasteiger charge is 2.29. The number of thioether (sulfide) groups is 1. The van der Waals surface area contributed by atoms with Crippen molar-refractivity contribution in [3.8, 4) is 11.3 Å². The molecule has 0 aliphatic heterocycles. The molecule has 0 aliphatic rings. The molecule has 1 heterocycles. The molecule has 0 saturated carbocycles. The lowest BCUT2D eigenvalue weighted by molar-refractivity contribution is -0.0328. The van der Waals surface area contributed by atoms with Crippen LogP contribution in [0.15, 0.2) is 41.3 Å². The van der Waals surface area contributed by atoms with Crippen LogP contribution in [0, 0.1) is 6.92 Å². The highest BCUT2D eigenvalue weighted by atomic mass is 35.5. The quantitative estimate of drug-likeness (QED) is 0.594. The molecule has 0 unspecified atom stereocenters. The minimum atomic E-state index is -4.31. The third-order valence-electron chi connectivity index (χ3n) is 2.34. The first-order chi connectivity index (χ1) is 9.85. The SMILES string of the molecule is CC.Cc1cccc(-c2cc(SC(F)(F)F)ccc2Cl)n1. The molecular weight excluding hydrogens is 319 g/mol. The molecule has 2 aromatic rings. The Bertz CT molecular complexity index is 600. The van der Waals surface area contributed by atoms with Crippen LogP contribution in [0.2, 0.25) is 5.02 Å². The van der Waals surface area contributed by atoms with Crippen molar-refractivity contribution in [2.45, 2.75) is 31.2 Å². The number of aromatic nitrogens is 1. The maximum Gasteiger partial charge on any atom is 0.446 e. The molecule has 2 rings (SSSR count). The highest BCUT2D eigenvalue weighted by molar-refractivity contribution is 8.00. The third kappa shape index (κ3) is 5.59. The summed E-state index contributed by atoms with van der Waals surface area (Å²) in [5, 5.41) is 0.379. The Morgan fingerprint density at radius 2 is 1.76 bits per heavy atom. The smallest absolute Gasteiger partial charge is 0.253 e. The average molecular weight is 334 g/mol. The predicted molar refractivity (Wildman–Crippen MR) is 82.7 cm³/mol. The molecule has 6 heteroatoms. The van der Waals surface area contributed by atoms with E-state index < -0.39 is 5.51 Å². The largest absolute Gasteiger partial charge is 0.446 e. The van der Waals surface area contributed by atoms with Gasteiger partial charge in [0.15, 0.2) is 0 Å². The predicted octanol–water partition coefficient (Wildman–Crippen LogP) is 6.35. The van der Waals surface area contributed by atoms with Crippen LogP contribution in [-0.2, 0) is 0 Å². The van der Waals surface area contributed by atoms with Gasteiger partial charge >= 0.3 is 5.51 Å². The van der Waals surface area contributed by atoms with E-state index >= 15 is 0 Å². The minimum Gasteiger partial charge on any atom is -0.253 e. The summed E-state index contributed by atoms with van der Waals surface area (Å²) < 4.78 is 37.1. The molecule has 114 valence electrons. The maximum absolute atomic E-state index is 12.4. The topological polar surface area (TPSA) is 12.9 Å². The van der Waals surface area contributed by atoms with Crippen molar-refractivity contribution in [1.29, 1.82) is 0 Å². The molecule has 0 spiro atoms. The van der Waals surface area contributed by atoms with Gasteiger partial charge in [-0.3, -0.25) is 4.98 Å². The molecule has 0 radical (unpaired) electrons. The van der Waals surface area contributed by atoms with E-state index in [1.165, 1.54) is 18.2 Å². The maximum atomic E-state index is 12.4. The van der Waals surface area contributed by atoms with E-state index in [1.807, 2.05) is 26.8 Å². The Balaban J connectivity index is 0.00000106. The number of aryl methyl sites for hydroxylation is 1. The van der Waals surface area contributed by atoms with Gasteiger partial charge in [0.2, 0.25) is 0 Å². The Kier molecular flexibility index (Phi) is 6.55. The van der Waals surface area contributed by atoms with Crippen LogP contribution in [0.1, 0.15) is 19.5 Å². The van der Waals surface area contributed by atoms with Crippen molar-refractivity contribution in [2.24, 2.45) is 0 Å². The molecule has 0 amide bonds. The molecule has 0 N–H and O–H groups in total. The molecule has 1 aromatic carbocycles. The first-order valence-electron chi connectivity index (χ1n) is 6.34. The van der Waals surface area contributed by atoms with Gasteiger partial charge in [-0.2, -0.15) is 13.2 Å². The van der Waals surface area contributed by atoms with Crippen molar-refractivity contribution in [3.05, 3.63) is 47.1 Å². The van der Waals surface area contributed by atoms with E-state index in [4.69, 9.17) is 11.6 Å². The average Bonchev–Trinajstić information content (AvgIpc) is 2.42. The van der Waals surface area contributed by atoms with Gasteiger partial charge in [0, 0.05) is 16.2 Å². The molecule has 0 aliphatic carbocycles. The summed E-state index contributed by atoms with van der Waals surface area (Å²) in [5.41, 5.74) is -2.47. The van der Waals surface area contributed by atoms with E-state index in [9.17, 15) is 13.2 Å². The zero-order valence-corrected chi connectivity index (χ0v) is 13.4. The van der Waals surface area contributed by atoms with Crippen LogP contribution in [-0.4, -0.2) is 10.5 Å². The van der Waals surface area contributed by atoms with Crippen molar-refractivity contribution >= 4 is 23.4 Å². The Morgan fingerprint density at radius 1 is 1.10 bits per heavy atom. The van der Waals surface area contributed by atoms with Gasteiger partial charge in [-0.15, -0.1) is 0 Å². The van der Waals surface area contributed by atoms with E-state index in [1.54, 1.807) is 12.1 Å². The lowest BCUT2D eigenvalue weighted by Crippen LogP contribution is -1.99. The lowest BCUT2D eigenvalue weighted by atomic mass is 10.1. The van der Waals surface area contributed by atoms with Gasteiger partial charge in [-0.25, -0.2) is 0 Å². The summed E-state index contributed by atoms with van der Waals surface area (Å²) in [6.07, 6.45) is 0. The zero-order chi connectivity index (χ0) is 16.0. The van der Waals surface area contributed by atoms with Gasteiger partial charge in [0.1, 0.15) is 0 Å². The van der Waals surface area contributed by atoms with Crippen LogP contribution in [0.4, 0.5) is 13.2 Å². The molecule has 21 heavy (non-hydrogen) atoms. The first kappa shape index (κ1) is 17.9. The minimum absolute atomic E-state index is 0.0928. The molecule has 0 saturated heterocycles. The van der Waals surface area contributed by atoms with Crippen LogP contribution in [0.25, 0.3) is 11.3 Å². The summed E-state index contributed by atoms with van der Waals surface area (Å²) in [7, 11) is 0. The second kappa shape index (κ2) is 7.71. The molecule has 0 fully saturated rings. The Labute approximate surface area is 131 Å². The summed E-state index contributed by atoms with van der Waals surface area (Å²) in [5.74, 6) is 0. The Morgan fingerprint density at radius 3 is 2.33 bits per heavy atom. The number of pyridine rings is 1. The van der Waals surface area contributed by atoms with Gasteiger partial charge in [-0.05, 0) is 49.0 Å². The summed E-state index contributed by atoms with van der Waals surface area (Å²) in [6.45, 7) is 5.81. The number of alkyl halides is 3. The van der Waals surface area contributed by atoms with Gasteiger partial charge in [-0.1, -0.05) is 31.5 Å². The van der Waals surface area contributed by atoms with Crippen LogP contribution < -0.4 is 0 Å². The van der Waals surface area contributed by atoms with Crippen molar-refractivity contribution in [1.82, 2.24) is 4.98 Å². The van der Waals surface area contributed by atoms with Crippen LogP contribution in [0.3, 0.4) is 0 Å². The molecule has 1 nitrogen and oxygen atoms in total. The van der Waals surface area contributed by atoms with Crippen molar-refractivity contribution in [3.63, 3.8) is 0 Å². The fourth-order valence-electron chi connectivity index (χ4n) is 1.59. The molecular formula is C15H15ClF3NS. The lowest BCUT2D eigenvalue weighted by Gasteiger charge is -2.09. The number of benzene rings is 1. The van der Waals surface area contributed by atoms with Crippen molar-refractivity contribution in [2.75, 3.05) is 0 Å². The Hall–Kier alpha value is -1.20. The van der Waals surface area contributed by atoms with Gasteiger partial charge < -0.3 is 0 Å². The van der Waals surface area contributed by atoms with E-state index in [0.717, 1.165) is 5.69 Å². The second-order valence-electron chi connectivity index (χ2n) is 3.85. The van der Waals surface area contributed by atoms with Crippen molar-refractivity contribution < 1.29 is 13.2 Å². The highest BCUT2D eigenvalue weighted by Crippen LogP contribution is 2.39. The number of halogens is 4. The second-order valence-corrected chi connectivity index (χ2v) is 5.40. The number of hydrogen-bond acceptors (Lipinski definition) is 2. The number of hydrogen-bond donors (Lipinski definition) is 0. The fourth-order valence-corrected chi connectivity index (χ4v) is 2.39. The van der Waals surface area contributed by atoms with Gasteiger partial charge in [0.05, 0.1) is 10.7 Å². The standard InChI is InChI=1S/C13H9ClF3NS.C2H6/c1-8-3-2-4-12(18-8)10-7-9(5-6-11(10)14)19-13(15,16)17;1-2/h2-7H,1H3;1-2H3. The molecule has 1 aromatic heterocycles. The van der Waals surface area contributed by atoms with Crippen LogP contribution in [0.5, 0.6) is 0 Å². The molecule has 0 bridgehead atoms. The molecule has 0 atom stereocenters. The monoisotopic (exact) mass is 333 g/mol. The van der Waals surface area contributed by atoms with Gasteiger partial charge in [0.25, 0.3) is 0 Å². The zero-order valence-electron chi connectivity index (χ0n) is 11.8. The third-order valence-corrected chi connectivity index (χ3v) is 3.39. The first-order valence-corrected chi connectivity index (χ1v) is 7.54. The number of rotatable bonds is 2. The fraction of sp³-hybridized carbons (Fsp3) is 0.267. The van der Waals surface area contributed by atoms with E-state index in [-0.39, 0.29) is 16.7 Å². The summed E-state index contributed by atoms with van der Waals surface area (Å²) in [4.78, 5) is 4.36. The summed E-state index contributed by atoms with van der Waals surface area (Å²) >= 11 is 5.86. The van der Waals surface area contributed by atoms with E-state index in [2.05, 4.69) is 4.98 Å². The van der Waals surface area contributed by atoms with Crippen LogP contribution >= 0.6 is 23.4 Å². The normalized spacial score (nSPS) is 10.8. The summed E-state index contributed by atoms with van der Waals surface area (Å²) in [6, 6.07) is 9.52. The number of nitrogens with zero attached hydrogens (tertiary/aromatic N) is 1.